The molecule has 4 unspecified atom stereocenters. The highest BCUT2D eigenvalue weighted by atomic mass is 16.5. The van der Waals surface area contributed by atoms with Crippen LogP contribution in [0.25, 0.3) is 0 Å². The third-order valence-corrected chi connectivity index (χ3v) is 5.49. The Morgan fingerprint density at radius 3 is 2.75 bits per heavy atom. The molecule has 2 aliphatic rings. The highest BCUT2D eigenvalue weighted by Crippen LogP contribution is 2.51. The molecule has 4 atom stereocenters. The molecule has 1 saturated heterocycles. The molecular formula is C18H34N4O2. The number of carbonyl (C=O) groups excluding carboxylic acids is 1. The van der Waals surface area contributed by atoms with E-state index < -0.39 is 0 Å². The fourth-order valence-corrected chi connectivity index (χ4v) is 3.72. The summed E-state index contributed by atoms with van der Waals surface area (Å²) in [7, 11) is 3.51. The van der Waals surface area contributed by atoms with E-state index in [0.717, 1.165) is 25.4 Å². The number of nitrogens with one attached hydrogen (secondary N) is 2. The molecule has 0 spiro atoms. The monoisotopic (exact) mass is 338 g/mol. The van der Waals surface area contributed by atoms with E-state index in [1.165, 1.54) is 6.42 Å². The standard InChI is InChI=1S/C18H34N4O2/c1-7-12(2)20-17(19-11-14(23)22(5)6)21-15-13-9-8-10-24-16(13)18(15,3)4/h12-13,15-16H,7-11H2,1-6H3,(H2,19,20,21). The lowest BCUT2D eigenvalue weighted by Crippen LogP contribution is -2.71. The summed E-state index contributed by atoms with van der Waals surface area (Å²) >= 11 is 0. The van der Waals surface area contributed by atoms with Gasteiger partial charge in [0.1, 0.15) is 6.54 Å². The molecule has 6 heteroatoms. The van der Waals surface area contributed by atoms with Crippen molar-refractivity contribution in [3.63, 3.8) is 0 Å². The van der Waals surface area contributed by atoms with Gasteiger partial charge in [-0.25, -0.2) is 4.99 Å². The van der Waals surface area contributed by atoms with Crippen molar-refractivity contribution in [2.45, 2.75) is 65.1 Å². The van der Waals surface area contributed by atoms with Gasteiger partial charge in [0, 0.05) is 44.1 Å². The Morgan fingerprint density at radius 2 is 2.12 bits per heavy atom. The van der Waals surface area contributed by atoms with Crippen molar-refractivity contribution in [2.75, 3.05) is 27.2 Å². The molecule has 2 fully saturated rings. The van der Waals surface area contributed by atoms with Crippen LogP contribution in [0, 0.1) is 11.3 Å². The zero-order valence-corrected chi connectivity index (χ0v) is 16.1. The maximum atomic E-state index is 11.9. The first-order valence-electron chi connectivity index (χ1n) is 9.16. The fraction of sp³-hybridized carbons (Fsp3) is 0.889. The number of aliphatic imine (C=N–C) groups is 1. The van der Waals surface area contributed by atoms with Crippen molar-refractivity contribution < 1.29 is 9.53 Å². The first kappa shape index (κ1) is 19.0. The number of hydrogen-bond donors (Lipinski definition) is 2. The van der Waals surface area contributed by atoms with E-state index in [1.54, 1.807) is 19.0 Å². The van der Waals surface area contributed by atoms with Crippen LogP contribution in [0.1, 0.15) is 47.0 Å². The maximum Gasteiger partial charge on any atom is 0.243 e. The number of likely N-dealkylation sites (N-methyl/N-ethyl adjacent to an activating group) is 1. The summed E-state index contributed by atoms with van der Waals surface area (Å²) in [6.45, 7) is 9.81. The molecule has 138 valence electrons. The van der Waals surface area contributed by atoms with Gasteiger partial charge in [-0.15, -0.1) is 0 Å². The average molecular weight is 338 g/mol. The Balaban J connectivity index is 2.06. The molecule has 1 saturated carbocycles. The van der Waals surface area contributed by atoms with Crippen LogP contribution in [0.15, 0.2) is 4.99 Å². The second kappa shape index (κ2) is 7.72. The maximum absolute atomic E-state index is 11.9. The lowest BCUT2D eigenvalue weighted by Gasteiger charge is -2.60. The number of nitrogens with zero attached hydrogens (tertiary/aromatic N) is 2. The van der Waals surface area contributed by atoms with Crippen molar-refractivity contribution in [1.29, 1.82) is 0 Å². The highest BCUT2D eigenvalue weighted by molar-refractivity contribution is 5.85. The SMILES string of the molecule is CCC(C)NC(=NCC(=O)N(C)C)NC1C2CCCOC2C1(C)C. The molecule has 0 aromatic rings. The minimum absolute atomic E-state index is 0.00648. The molecule has 0 bridgehead atoms. The van der Waals surface area contributed by atoms with Gasteiger partial charge < -0.3 is 20.3 Å². The van der Waals surface area contributed by atoms with Crippen LogP contribution in [0.2, 0.25) is 0 Å². The van der Waals surface area contributed by atoms with Crippen molar-refractivity contribution in [1.82, 2.24) is 15.5 Å². The summed E-state index contributed by atoms with van der Waals surface area (Å²) in [6, 6.07) is 0.639. The summed E-state index contributed by atoms with van der Waals surface area (Å²) < 4.78 is 5.97. The van der Waals surface area contributed by atoms with E-state index in [-0.39, 0.29) is 17.9 Å². The average Bonchev–Trinajstić information content (AvgIpc) is 2.56. The third kappa shape index (κ3) is 4.02. The molecule has 1 heterocycles. The van der Waals surface area contributed by atoms with Gasteiger partial charge in [-0.1, -0.05) is 20.8 Å². The minimum Gasteiger partial charge on any atom is -0.377 e. The zero-order chi connectivity index (χ0) is 17.9. The molecular weight excluding hydrogens is 304 g/mol. The fourth-order valence-electron chi connectivity index (χ4n) is 3.72. The number of rotatable bonds is 5. The molecule has 0 aromatic heterocycles. The summed E-state index contributed by atoms with van der Waals surface area (Å²) in [6.07, 6.45) is 3.65. The Kier molecular flexibility index (Phi) is 6.12. The highest BCUT2D eigenvalue weighted by Gasteiger charge is 2.58. The summed E-state index contributed by atoms with van der Waals surface area (Å²) in [5.41, 5.74) is 0.0779. The molecule has 2 N–H and O–H groups in total. The van der Waals surface area contributed by atoms with E-state index in [1.807, 2.05) is 0 Å². The van der Waals surface area contributed by atoms with Crippen molar-refractivity contribution in [3.05, 3.63) is 0 Å². The summed E-state index contributed by atoms with van der Waals surface area (Å²) in [5.74, 6) is 1.27. The third-order valence-electron chi connectivity index (χ3n) is 5.49. The van der Waals surface area contributed by atoms with Crippen molar-refractivity contribution in [3.8, 4) is 0 Å². The van der Waals surface area contributed by atoms with Crippen LogP contribution in [0.3, 0.4) is 0 Å². The van der Waals surface area contributed by atoms with Crippen LogP contribution in [0.4, 0.5) is 0 Å². The predicted molar refractivity (Wildman–Crippen MR) is 97.1 cm³/mol. The van der Waals surface area contributed by atoms with Gasteiger partial charge in [0.15, 0.2) is 5.96 Å². The van der Waals surface area contributed by atoms with Crippen LogP contribution in [-0.4, -0.2) is 62.2 Å². The van der Waals surface area contributed by atoms with Crippen LogP contribution in [-0.2, 0) is 9.53 Å². The van der Waals surface area contributed by atoms with Gasteiger partial charge in [-0.2, -0.15) is 0 Å². The van der Waals surface area contributed by atoms with Crippen LogP contribution < -0.4 is 10.6 Å². The lowest BCUT2D eigenvalue weighted by molar-refractivity contribution is -0.188. The molecule has 0 aromatic carbocycles. The van der Waals surface area contributed by atoms with E-state index in [9.17, 15) is 4.79 Å². The predicted octanol–water partition coefficient (Wildman–Crippen LogP) is 1.61. The number of hydrogen-bond acceptors (Lipinski definition) is 3. The van der Waals surface area contributed by atoms with Gasteiger partial charge in [-0.3, -0.25) is 4.79 Å². The van der Waals surface area contributed by atoms with E-state index >= 15 is 0 Å². The topological polar surface area (TPSA) is 66.0 Å². The normalized spacial score (nSPS) is 29.9. The van der Waals surface area contributed by atoms with Gasteiger partial charge in [0.2, 0.25) is 5.91 Å². The molecule has 1 amide bonds. The molecule has 0 radical (unpaired) electrons. The number of guanidine groups is 1. The number of carbonyl (C=O) groups is 1. The quantitative estimate of drug-likeness (QED) is 0.590. The first-order valence-corrected chi connectivity index (χ1v) is 9.16. The van der Waals surface area contributed by atoms with Crippen molar-refractivity contribution >= 4 is 11.9 Å². The summed E-state index contributed by atoms with van der Waals surface area (Å²) in [5, 5.41) is 7.01. The van der Waals surface area contributed by atoms with Gasteiger partial charge >= 0.3 is 0 Å². The number of ether oxygens (including phenoxy) is 1. The largest absolute Gasteiger partial charge is 0.377 e. The smallest absolute Gasteiger partial charge is 0.243 e. The van der Waals surface area contributed by atoms with Crippen molar-refractivity contribution in [2.24, 2.45) is 16.3 Å². The van der Waals surface area contributed by atoms with E-state index in [0.29, 0.717) is 24.1 Å². The number of amides is 1. The Labute approximate surface area is 146 Å². The Hall–Kier alpha value is -1.30. The van der Waals surface area contributed by atoms with Crippen LogP contribution >= 0.6 is 0 Å². The number of fused-ring (bicyclic) bond motifs is 1. The van der Waals surface area contributed by atoms with Crippen LogP contribution in [0.5, 0.6) is 0 Å². The Morgan fingerprint density at radius 1 is 1.42 bits per heavy atom. The summed E-state index contributed by atoms with van der Waals surface area (Å²) in [4.78, 5) is 18.0. The molecule has 1 aliphatic heterocycles. The molecule has 2 rings (SSSR count). The molecule has 1 aliphatic carbocycles. The van der Waals surface area contributed by atoms with E-state index in [2.05, 4.69) is 43.3 Å². The minimum atomic E-state index is 0.00648. The Bertz CT molecular complexity index is 476. The molecule has 24 heavy (non-hydrogen) atoms. The van der Waals surface area contributed by atoms with Gasteiger partial charge in [0.05, 0.1) is 6.10 Å². The van der Waals surface area contributed by atoms with E-state index in [4.69, 9.17) is 4.74 Å². The molecule has 6 nitrogen and oxygen atoms in total. The first-order chi connectivity index (χ1) is 11.3. The second-order valence-corrected chi connectivity index (χ2v) is 7.95. The zero-order valence-electron chi connectivity index (χ0n) is 16.1. The van der Waals surface area contributed by atoms with Gasteiger partial charge in [-0.05, 0) is 26.2 Å². The second-order valence-electron chi connectivity index (χ2n) is 7.95. The van der Waals surface area contributed by atoms with Gasteiger partial charge in [0.25, 0.3) is 0 Å². The lowest BCUT2D eigenvalue weighted by atomic mass is 9.55.